The molecule has 5 rings (SSSR count). The lowest BCUT2D eigenvalue weighted by molar-refractivity contribution is 0.0537. The second kappa shape index (κ2) is 7.07. The lowest BCUT2D eigenvalue weighted by Crippen LogP contribution is -2.48. The van der Waals surface area contributed by atoms with Crippen LogP contribution in [-0.2, 0) is 9.71 Å². The molecule has 0 aliphatic carbocycles. The zero-order chi connectivity index (χ0) is 20.9. The molecule has 2 heterocycles. The number of hydrogen-bond donors (Lipinski definition) is 0. The van der Waals surface area contributed by atoms with Crippen LogP contribution < -0.4 is 0 Å². The van der Waals surface area contributed by atoms with Crippen molar-refractivity contribution in [1.82, 2.24) is 9.21 Å². The fraction of sp³-hybridized carbons (Fsp3) is 0.208. The van der Waals surface area contributed by atoms with Crippen LogP contribution in [0.3, 0.4) is 0 Å². The minimum absolute atomic E-state index is 0.180. The molecule has 0 radical (unpaired) electrons. The number of nitrogens with zero attached hydrogens (tertiary/aromatic N) is 2. The summed E-state index contributed by atoms with van der Waals surface area (Å²) in [4.78, 5) is 27.6. The predicted molar refractivity (Wildman–Crippen MR) is 119 cm³/mol. The first-order valence-electron chi connectivity index (χ1n) is 10.0. The Kier molecular flexibility index (Phi) is 4.49. The molecular weight excluding hydrogens is 396 g/mol. The summed E-state index contributed by atoms with van der Waals surface area (Å²) in [5.41, 5.74) is 0.948. The van der Waals surface area contributed by atoms with E-state index in [1.54, 1.807) is 24.3 Å². The minimum atomic E-state index is -2.64. The molecule has 5 nitrogen and oxygen atoms in total. The monoisotopic (exact) mass is 418 g/mol. The fourth-order valence-electron chi connectivity index (χ4n) is 4.45. The Labute approximate surface area is 176 Å². The maximum absolute atomic E-state index is 13.6. The van der Waals surface area contributed by atoms with Crippen molar-refractivity contribution < 1.29 is 13.8 Å². The molecule has 30 heavy (non-hydrogen) atoms. The van der Waals surface area contributed by atoms with Gasteiger partial charge in [-0.25, -0.2) is 8.51 Å². The zero-order valence-electron chi connectivity index (χ0n) is 16.5. The molecule has 0 bridgehead atoms. The van der Waals surface area contributed by atoms with Gasteiger partial charge in [-0.2, -0.15) is 0 Å². The van der Waals surface area contributed by atoms with E-state index < -0.39 is 9.71 Å². The molecule has 0 aromatic heterocycles. The Balaban J connectivity index is 1.34. The van der Waals surface area contributed by atoms with E-state index in [-0.39, 0.29) is 17.9 Å². The molecule has 2 aliphatic heterocycles. The number of fused-ring (bicyclic) bond motifs is 2. The third kappa shape index (κ3) is 2.95. The van der Waals surface area contributed by atoms with Crippen LogP contribution in [0.2, 0.25) is 0 Å². The molecule has 0 saturated carbocycles. The third-order valence-corrected chi connectivity index (χ3v) is 8.31. The summed E-state index contributed by atoms with van der Waals surface area (Å²) in [6.45, 7) is 1.04. The molecule has 3 aromatic carbocycles. The topological polar surface area (TPSA) is 57.7 Å². The van der Waals surface area contributed by atoms with E-state index in [0.717, 1.165) is 10.8 Å². The van der Waals surface area contributed by atoms with E-state index in [9.17, 15) is 13.8 Å². The van der Waals surface area contributed by atoms with Gasteiger partial charge in [-0.05, 0) is 53.7 Å². The molecule has 2 amide bonds. The van der Waals surface area contributed by atoms with Crippen molar-refractivity contribution in [3.8, 4) is 0 Å². The highest BCUT2D eigenvalue weighted by Crippen LogP contribution is 2.30. The molecule has 2 aliphatic rings. The van der Waals surface area contributed by atoms with Gasteiger partial charge in [-0.15, -0.1) is 0 Å². The van der Waals surface area contributed by atoms with E-state index in [1.807, 2.05) is 46.8 Å². The first-order chi connectivity index (χ1) is 14.5. The summed E-state index contributed by atoms with van der Waals surface area (Å²) in [7, 11) is -2.64. The van der Waals surface area contributed by atoms with Crippen LogP contribution in [0.5, 0.6) is 0 Å². The third-order valence-electron chi connectivity index (χ3n) is 6.12. The number of imide groups is 1. The molecule has 3 aromatic rings. The number of benzene rings is 3. The summed E-state index contributed by atoms with van der Waals surface area (Å²) >= 11 is 0. The molecular formula is C24H22N2O3S. The van der Waals surface area contributed by atoms with Crippen molar-refractivity contribution in [2.75, 3.05) is 13.1 Å². The Hall–Kier alpha value is -2.96. The van der Waals surface area contributed by atoms with E-state index in [2.05, 4.69) is 5.87 Å². The highest BCUT2D eigenvalue weighted by atomic mass is 32.2. The normalized spacial score (nSPS) is 19.8. The number of carbonyl (C=O) groups is 2. The summed E-state index contributed by atoms with van der Waals surface area (Å²) < 4.78 is 15.5. The SMILES string of the molecule is C=S(=O)(c1ccc2ccccc2c1)N1CCC(N2C(=O)c3ccccc3C2=O)CC1. The highest BCUT2D eigenvalue weighted by molar-refractivity contribution is 7.98. The summed E-state index contributed by atoms with van der Waals surface area (Å²) in [5, 5.41) is 2.13. The van der Waals surface area contributed by atoms with Crippen LogP contribution in [0, 0.1) is 0 Å². The number of piperidine rings is 1. The van der Waals surface area contributed by atoms with Crippen molar-refractivity contribution in [1.29, 1.82) is 0 Å². The van der Waals surface area contributed by atoms with Gasteiger partial charge in [0.05, 0.1) is 20.8 Å². The molecule has 0 N–H and O–H groups in total. The molecule has 1 atom stereocenters. The highest BCUT2D eigenvalue weighted by Gasteiger charge is 2.41. The van der Waals surface area contributed by atoms with Crippen molar-refractivity contribution in [3.63, 3.8) is 0 Å². The number of carbonyl (C=O) groups excluding carboxylic acids is 2. The van der Waals surface area contributed by atoms with Crippen molar-refractivity contribution in [2.45, 2.75) is 23.8 Å². The maximum atomic E-state index is 13.6. The van der Waals surface area contributed by atoms with Gasteiger partial charge in [0, 0.05) is 24.0 Å². The number of rotatable bonds is 3. The van der Waals surface area contributed by atoms with Gasteiger partial charge in [0.25, 0.3) is 11.8 Å². The van der Waals surface area contributed by atoms with Crippen LogP contribution >= 0.6 is 0 Å². The van der Waals surface area contributed by atoms with Gasteiger partial charge in [0.2, 0.25) is 0 Å². The molecule has 0 spiro atoms. The summed E-state index contributed by atoms with van der Waals surface area (Å²) in [5.74, 6) is 3.62. The Bertz CT molecular complexity index is 1240. The van der Waals surface area contributed by atoms with Gasteiger partial charge in [0.15, 0.2) is 0 Å². The van der Waals surface area contributed by atoms with Gasteiger partial charge >= 0.3 is 0 Å². The Morgan fingerprint density at radius 1 is 0.800 bits per heavy atom. The quantitative estimate of drug-likeness (QED) is 0.482. The fourth-order valence-corrected chi connectivity index (χ4v) is 6.14. The molecule has 1 unspecified atom stereocenters. The van der Waals surface area contributed by atoms with Gasteiger partial charge in [0.1, 0.15) is 0 Å². The molecule has 1 saturated heterocycles. The van der Waals surface area contributed by atoms with Crippen molar-refractivity contribution in [2.24, 2.45) is 0 Å². The largest absolute Gasteiger partial charge is 0.271 e. The zero-order valence-corrected chi connectivity index (χ0v) is 17.3. The van der Waals surface area contributed by atoms with Crippen LogP contribution in [0.1, 0.15) is 33.6 Å². The lowest BCUT2D eigenvalue weighted by Gasteiger charge is -2.37. The van der Waals surface area contributed by atoms with E-state index in [4.69, 9.17) is 0 Å². The minimum Gasteiger partial charge on any atom is -0.271 e. The van der Waals surface area contributed by atoms with Gasteiger partial charge in [-0.1, -0.05) is 42.5 Å². The lowest BCUT2D eigenvalue weighted by atomic mass is 10.1. The van der Waals surface area contributed by atoms with E-state index in [1.165, 1.54) is 4.90 Å². The van der Waals surface area contributed by atoms with E-state index in [0.29, 0.717) is 42.0 Å². The maximum Gasteiger partial charge on any atom is 0.261 e. The van der Waals surface area contributed by atoms with E-state index >= 15 is 0 Å². The molecule has 152 valence electrons. The van der Waals surface area contributed by atoms with Crippen LogP contribution in [0.4, 0.5) is 0 Å². The first kappa shape index (κ1) is 19.0. The van der Waals surface area contributed by atoms with Gasteiger partial charge in [-0.3, -0.25) is 14.5 Å². The van der Waals surface area contributed by atoms with Crippen LogP contribution in [-0.4, -0.2) is 50.2 Å². The van der Waals surface area contributed by atoms with Crippen molar-refractivity contribution >= 4 is 38.2 Å². The molecule has 1 fully saturated rings. The predicted octanol–water partition coefficient (Wildman–Crippen LogP) is 3.59. The van der Waals surface area contributed by atoms with Crippen LogP contribution in [0.15, 0.2) is 71.6 Å². The summed E-state index contributed by atoms with van der Waals surface area (Å²) in [6.07, 6.45) is 1.18. The number of amides is 2. The van der Waals surface area contributed by atoms with Crippen LogP contribution in [0.25, 0.3) is 10.8 Å². The first-order valence-corrected chi connectivity index (χ1v) is 11.7. The average Bonchev–Trinajstić information content (AvgIpc) is 3.04. The average molecular weight is 419 g/mol. The van der Waals surface area contributed by atoms with Crippen molar-refractivity contribution in [3.05, 3.63) is 77.9 Å². The standard InChI is InChI=1S/C24H22N2O3S/c1-30(29,20-11-10-17-6-2-3-7-18(17)16-20)25-14-12-19(13-15-25)26-23(27)21-8-4-5-9-22(21)24(26)28/h2-11,16,19H,1,12-15H2. The second-order valence-electron chi connectivity index (χ2n) is 7.84. The Morgan fingerprint density at radius 2 is 1.37 bits per heavy atom. The smallest absolute Gasteiger partial charge is 0.261 e. The number of hydrogen-bond acceptors (Lipinski definition) is 3. The Morgan fingerprint density at radius 3 is 2.00 bits per heavy atom. The second-order valence-corrected chi connectivity index (χ2v) is 10.1. The molecule has 6 heteroatoms. The summed E-state index contributed by atoms with van der Waals surface area (Å²) in [6, 6.07) is 20.5. The van der Waals surface area contributed by atoms with Gasteiger partial charge < -0.3 is 0 Å².